The fourth-order valence-corrected chi connectivity index (χ4v) is 2.51. The summed E-state index contributed by atoms with van der Waals surface area (Å²) < 4.78 is 5.72. The van der Waals surface area contributed by atoms with E-state index in [0.717, 1.165) is 0 Å². The lowest BCUT2D eigenvalue weighted by Crippen LogP contribution is -2.39. The number of benzene rings is 1. The molecule has 4 amide bonds. The molecule has 10 nitrogen and oxygen atoms in total. The number of halogens is 1. The van der Waals surface area contributed by atoms with Gasteiger partial charge in [0.2, 0.25) is 5.69 Å². The molecule has 11 heteroatoms. The Morgan fingerprint density at radius 3 is 2.56 bits per heavy atom. The smallest absolute Gasteiger partial charge is 0.324 e. The predicted octanol–water partition coefficient (Wildman–Crippen LogP) is 3.85. The van der Waals surface area contributed by atoms with Gasteiger partial charge in [-0.2, -0.15) is 0 Å². The lowest BCUT2D eigenvalue weighted by Gasteiger charge is -2.14. The van der Waals surface area contributed by atoms with Crippen LogP contribution in [0.5, 0.6) is 5.75 Å². The number of urea groups is 2. The fourth-order valence-electron chi connectivity index (χ4n) is 2.34. The molecule has 0 saturated heterocycles. The highest BCUT2D eigenvalue weighted by molar-refractivity contribution is 6.31. The number of likely N-dealkylation sites (N-methyl/N-ethyl adjacent to an activating group) is 1. The monoisotopic (exact) mass is 461 g/mol. The van der Waals surface area contributed by atoms with E-state index in [1.54, 1.807) is 24.3 Å². The van der Waals surface area contributed by atoms with Gasteiger partial charge in [0.05, 0.1) is 18.9 Å². The lowest BCUT2D eigenvalue weighted by molar-refractivity contribution is 0.239. The van der Waals surface area contributed by atoms with Crippen molar-refractivity contribution in [3.63, 3.8) is 0 Å². The van der Waals surface area contributed by atoms with E-state index in [4.69, 9.17) is 22.9 Å². The molecule has 1 aromatic heterocycles. The average Bonchev–Trinajstić information content (AvgIpc) is 2.75. The number of ether oxygens (including phenoxy) is 1. The molecular formula is C21H28ClN7O3. The van der Waals surface area contributed by atoms with E-state index < -0.39 is 6.03 Å². The molecule has 0 saturated carbocycles. The second-order valence-electron chi connectivity index (χ2n) is 6.22. The van der Waals surface area contributed by atoms with Crippen molar-refractivity contribution >= 4 is 40.9 Å². The van der Waals surface area contributed by atoms with E-state index >= 15 is 0 Å². The first kappa shape index (κ1) is 26.5. The van der Waals surface area contributed by atoms with Crippen molar-refractivity contribution in [3.05, 3.63) is 53.0 Å². The van der Waals surface area contributed by atoms with E-state index in [1.807, 2.05) is 7.05 Å². The minimum absolute atomic E-state index is 0. The van der Waals surface area contributed by atoms with E-state index in [-0.39, 0.29) is 13.5 Å². The molecule has 0 atom stereocenters. The number of carbonyl (C=O) groups excluding carboxylic acids is 2. The fraction of sp³-hybridized carbons (Fsp3) is 0.333. The van der Waals surface area contributed by atoms with Gasteiger partial charge in [-0.15, -0.1) is 0 Å². The minimum atomic E-state index is -0.532. The number of hydrogen-bond donors (Lipinski definition) is 5. The summed E-state index contributed by atoms with van der Waals surface area (Å²) in [6.45, 7) is 8.92. The minimum Gasteiger partial charge on any atom is -0.491 e. The summed E-state index contributed by atoms with van der Waals surface area (Å²) in [5.74, 6) is 0.739. The van der Waals surface area contributed by atoms with E-state index in [1.165, 1.54) is 12.3 Å². The van der Waals surface area contributed by atoms with Crippen LogP contribution in [-0.2, 0) is 0 Å². The van der Waals surface area contributed by atoms with Crippen molar-refractivity contribution in [2.24, 2.45) is 0 Å². The Morgan fingerprint density at radius 2 is 1.88 bits per heavy atom. The number of rotatable bonds is 10. The molecule has 0 aliphatic rings. The summed E-state index contributed by atoms with van der Waals surface area (Å²) >= 11 is 6.04. The summed E-state index contributed by atoms with van der Waals surface area (Å²) in [4.78, 5) is 31.1. The molecule has 5 N–H and O–H groups in total. The maximum Gasteiger partial charge on any atom is 0.324 e. The zero-order chi connectivity index (χ0) is 22.5. The van der Waals surface area contributed by atoms with Crippen molar-refractivity contribution in [2.45, 2.75) is 13.8 Å². The molecule has 0 fully saturated rings. The number of pyridine rings is 1. The van der Waals surface area contributed by atoms with Crippen molar-refractivity contribution in [1.29, 1.82) is 0 Å². The van der Waals surface area contributed by atoms with Gasteiger partial charge in [0.1, 0.15) is 11.6 Å². The quantitative estimate of drug-likeness (QED) is 0.272. The number of carbonyl (C=O) groups is 2. The molecular weight excluding hydrogens is 434 g/mol. The Hall–Kier alpha value is -3.55. The van der Waals surface area contributed by atoms with Gasteiger partial charge >= 0.3 is 12.1 Å². The van der Waals surface area contributed by atoms with Crippen LogP contribution in [0.4, 0.5) is 26.8 Å². The zero-order valence-corrected chi connectivity index (χ0v) is 17.8. The predicted molar refractivity (Wildman–Crippen MR) is 127 cm³/mol. The van der Waals surface area contributed by atoms with Crippen LogP contribution in [0.15, 0.2) is 36.5 Å². The zero-order valence-electron chi connectivity index (χ0n) is 17.0. The van der Waals surface area contributed by atoms with Crippen LogP contribution in [0.2, 0.25) is 5.02 Å². The second-order valence-corrected chi connectivity index (χ2v) is 6.66. The summed E-state index contributed by atoms with van der Waals surface area (Å²) in [5, 5.41) is 14.1. The van der Waals surface area contributed by atoms with Gasteiger partial charge in [-0.25, -0.2) is 14.4 Å². The molecule has 1 heterocycles. The molecule has 0 radical (unpaired) electrons. The SMILES string of the molecule is C.[C-]#[N+]c1ccc(NC(=O)Nc2cc(Cl)ccc2OCCCNC(=O)NCCNC)nc1. The topological polar surface area (TPSA) is 121 Å². The highest BCUT2D eigenvalue weighted by Crippen LogP contribution is 2.28. The highest BCUT2D eigenvalue weighted by atomic mass is 35.5. The third-order valence-electron chi connectivity index (χ3n) is 3.83. The summed E-state index contributed by atoms with van der Waals surface area (Å²) in [7, 11) is 1.81. The number of amides is 4. The molecule has 0 bridgehead atoms. The van der Waals surface area contributed by atoms with Crippen LogP contribution in [0.1, 0.15) is 13.8 Å². The first-order chi connectivity index (χ1) is 15.0. The van der Waals surface area contributed by atoms with E-state index in [0.29, 0.717) is 60.6 Å². The van der Waals surface area contributed by atoms with Gasteiger partial charge in [0.25, 0.3) is 0 Å². The van der Waals surface area contributed by atoms with Crippen molar-refractivity contribution < 1.29 is 14.3 Å². The van der Waals surface area contributed by atoms with Crippen molar-refractivity contribution in [3.8, 4) is 5.75 Å². The Labute approximate surface area is 192 Å². The van der Waals surface area contributed by atoms with Crippen LogP contribution in [-0.4, -0.2) is 50.3 Å². The number of anilines is 2. The lowest BCUT2D eigenvalue weighted by atomic mass is 10.3. The number of nitrogens with zero attached hydrogens (tertiary/aromatic N) is 2. The molecule has 2 rings (SSSR count). The van der Waals surface area contributed by atoms with Gasteiger partial charge in [-0.1, -0.05) is 25.1 Å². The summed E-state index contributed by atoms with van der Waals surface area (Å²) in [6, 6.07) is 7.19. The standard InChI is InChI=1S/C20H24ClN7O3.CH4/c1-22-9-10-25-19(29)24-8-3-11-31-17-6-4-14(21)12-16(17)27-20(30)28-18-7-5-15(23-2)13-26-18;/h4-7,12-13,22H,3,8-11H2,1H3,(H2,24,25,29)(H2,26,27,28,30);1H4. The first-order valence-electron chi connectivity index (χ1n) is 9.52. The van der Waals surface area contributed by atoms with Gasteiger partial charge in [0.15, 0.2) is 0 Å². The van der Waals surface area contributed by atoms with E-state index in [9.17, 15) is 9.59 Å². The van der Waals surface area contributed by atoms with Crippen LogP contribution >= 0.6 is 11.6 Å². The Bertz CT molecular complexity index is 917. The highest BCUT2D eigenvalue weighted by Gasteiger charge is 2.10. The summed E-state index contributed by atoms with van der Waals surface area (Å²) in [6.07, 6.45) is 1.94. The Kier molecular flexibility index (Phi) is 12.0. The second kappa shape index (κ2) is 14.5. The van der Waals surface area contributed by atoms with E-state index in [2.05, 4.69) is 36.4 Å². The Morgan fingerprint density at radius 1 is 1.09 bits per heavy atom. The molecule has 32 heavy (non-hydrogen) atoms. The molecule has 0 unspecified atom stereocenters. The molecule has 2 aromatic rings. The number of aromatic nitrogens is 1. The van der Waals surface area contributed by atoms with Gasteiger partial charge in [-0.05, 0) is 37.7 Å². The molecule has 0 aliphatic carbocycles. The third kappa shape index (κ3) is 9.51. The maximum absolute atomic E-state index is 12.3. The van der Waals surface area contributed by atoms with Gasteiger partial charge < -0.3 is 26.0 Å². The number of hydrogen-bond acceptors (Lipinski definition) is 5. The normalized spacial score (nSPS) is 9.66. The van der Waals surface area contributed by atoms with Crippen molar-refractivity contribution in [2.75, 3.05) is 43.9 Å². The first-order valence-corrected chi connectivity index (χ1v) is 9.90. The maximum atomic E-state index is 12.3. The van der Waals surface area contributed by atoms with Gasteiger partial charge in [0, 0.05) is 30.9 Å². The van der Waals surface area contributed by atoms with Crippen molar-refractivity contribution in [1.82, 2.24) is 20.9 Å². The van der Waals surface area contributed by atoms with Gasteiger partial charge in [-0.3, -0.25) is 10.3 Å². The van der Waals surface area contributed by atoms with Crippen LogP contribution in [0, 0.1) is 6.57 Å². The molecule has 0 aliphatic heterocycles. The molecule has 172 valence electrons. The number of nitrogens with one attached hydrogen (secondary N) is 5. The summed E-state index contributed by atoms with van der Waals surface area (Å²) in [5.41, 5.74) is 0.766. The molecule has 1 aromatic carbocycles. The van der Waals surface area contributed by atoms with Crippen LogP contribution in [0.3, 0.4) is 0 Å². The average molecular weight is 462 g/mol. The third-order valence-corrected chi connectivity index (χ3v) is 4.07. The Balaban J connectivity index is 0.00000512. The molecule has 0 spiro atoms. The largest absolute Gasteiger partial charge is 0.491 e. The van der Waals surface area contributed by atoms with Crippen LogP contribution < -0.4 is 31.3 Å². The van der Waals surface area contributed by atoms with Crippen LogP contribution in [0.25, 0.3) is 4.85 Å².